The third kappa shape index (κ3) is 3.12. The molecule has 0 radical (unpaired) electrons. The lowest BCUT2D eigenvalue weighted by Crippen LogP contribution is -2.28. The maximum Gasteiger partial charge on any atom is 0.270 e. The molecule has 1 amide bonds. The molecule has 102 valence electrons. The fourth-order valence-corrected chi connectivity index (χ4v) is 2.07. The van der Waals surface area contributed by atoms with Crippen LogP contribution < -0.4 is 5.32 Å². The van der Waals surface area contributed by atoms with Crippen LogP contribution in [0.25, 0.3) is 5.65 Å². The Labute approximate surface area is 113 Å². The fourth-order valence-electron chi connectivity index (χ4n) is 2.07. The Bertz CT molecular complexity index is 574. The van der Waals surface area contributed by atoms with E-state index in [4.69, 9.17) is 0 Å². The van der Waals surface area contributed by atoms with Gasteiger partial charge in [-0.15, -0.1) is 0 Å². The van der Waals surface area contributed by atoms with Crippen molar-refractivity contribution < 1.29 is 4.79 Å². The van der Waals surface area contributed by atoms with Gasteiger partial charge in [-0.1, -0.05) is 6.07 Å². The molecule has 0 aliphatic heterocycles. The van der Waals surface area contributed by atoms with Crippen LogP contribution in [0.15, 0.2) is 24.4 Å². The Hall–Kier alpha value is -1.88. The van der Waals surface area contributed by atoms with Gasteiger partial charge in [-0.25, -0.2) is 4.98 Å². The largest absolute Gasteiger partial charge is 0.351 e. The number of fused-ring (bicyclic) bond motifs is 1. The third-order valence-corrected chi connectivity index (χ3v) is 2.99. The van der Waals surface area contributed by atoms with Crippen molar-refractivity contribution >= 4 is 11.6 Å². The predicted molar refractivity (Wildman–Crippen MR) is 75.4 cm³/mol. The molecule has 0 atom stereocenters. The average Bonchev–Trinajstić information content (AvgIpc) is 2.70. The molecule has 0 fully saturated rings. The van der Waals surface area contributed by atoms with Crippen LogP contribution in [0.4, 0.5) is 0 Å². The van der Waals surface area contributed by atoms with E-state index in [1.54, 1.807) is 0 Å². The van der Waals surface area contributed by atoms with Crippen molar-refractivity contribution in [2.75, 3.05) is 27.2 Å². The van der Waals surface area contributed by atoms with Crippen molar-refractivity contribution in [3.8, 4) is 0 Å². The maximum absolute atomic E-state index is 12.2. The predicted octanol–water partition coefficient (Wildman–Crippen LogP) is 1.32. The van der Waals surface area contributed by atoms with Gasteiger partial charge in [0.05, 0.1) is 5.69 Å². The molecule has 2 heterocycles. The van der Waals surface area contributed by atoms with Crippen molar-refractivity contribution in [1.82, 2.24) is 19.6 Å². The molecule has 0 aliphatic rings. The first-order valence-corrected chi connectivity index (χ1v) is 6.46. The Balaban J connectivity index is 2.07. The van der Waals surface area contributed by atoms with Crippen LogP contribution in [0, 0.1) is 6.92 Å². The Morgan fingerprint density at radius 1 is 1.42 bits per heavy atom. The van der Waals surface area contributed by atoms with E-state index in [1.807, 2.05) is 49.8 Å². The summed E-state index contributed by atoms with van der Waals surface area (Å²) in [6.07, 6.45) is 2.80. The van der Waals surface area contributed by atoms with E-state index in [1.165, 1.54) is 0 Å². The van der Waals surface area contributed by atoms with Crippen molar-refractivity contribution in [3.05, 3.63) is 35.8 Å². The summed E-state index contributed by atoms with van der Waals surface area (Å²) in [5.41, 5.74) is 2.19. The van der Waals surface area contributed by atoms with E-state index in [-0.39, 0.29) is 5.91 Å². The summed E-state index contributed by atoms with van der Waals surface area (Å²) in [6, 6.07) is 5.72. The number of nitrogens with one attached hydrogen (secondary N) is 1. The van der Waals surface area contributed by atoms with Gasteiger partial charge in [0.15, 0.2) is 0 Å². The fraction of sp³-hybridized carbons (Fsp3) is 0.429. The molecule has 19 heavy (non-hydrogen) atoms. The van der Waals surface area contributed by atoms with Crippen molar-refractivity contribution in [2.45, 2.75) is 13.3 Å². The number of rotatable bonds is 5. The van der Waals surface area contributed by atoms with Crippen LogP contribution in [0.5, 0.6) is 0 Å². The number of pyridine rings is 1. The number of carbonyl (C=O) groups excluding carboxylic acids is 1. The average molecular weight is 260 g/mol. The van der Waals surface area contributed by atoms with Crippen molar-refractivity contribution in [3.63, 3.8) is 0 Å². The normalized spacial score (nSPS) is 11.2. The highest BCUT2D eigenvalue weighted by Crippen LogP contribution is 2.11. The second-order valence-electron chi connectivity index (χ2n) is 4.89. The minimum absolute atomic E-state index is 0.0602. The summed E-state index contributed by atoms with van der Waals surface area (Å²) in [4.78, 5) is 18.7. The molecule has 5 heteroatoms. The van der Waals surface area contributed by atoms with Crippen LogP contribution in [-0.2, 0) is 0 Å². The smallest absolute Gasteiger partial charge is 0.270 e. The molecule has 1 N–H and O–H groups in total. The summed E-state index contributed by atoms with van der Waals surface area (Å²) in [5, 5.41) is 2.95. The zero-order valence-electron chi connectivity index (χ0n) is 11.7. The first-order valence-electron chi connectivity index (χ1n) is 6.46. The molecular weight excluding hydrogens is 240 g/mol. The molecule has 0 aromatic carbocycles. The number of carbonyl (C=O) groups is 1. The number of amides is 1. The van der Waals surface area contributed by atoms with E-state index >= 15 is 0 Å². The van der Waals surface area contributed by atoms with Gasteiger partial charge >= 0.3 is 0 Å². The Morgan fingerprint density at radius 3 is 2.95 bits per heavy atom. The van der Waals surface area contributed by atoms with Gasteiger partial charge in [-0.2, -0.15) is 0 Å². The molecular formula is C14H20N4O. The van der Waals surface area contributed by atoms with Gasteiger partial charge in [-0.3, -0.25) is 9.20 Å². The Kier molecular flexibility index (Phi) is 4.16. The zero-order valence-corrected chi connectivity index (χ0v) is 11.7. The summed E-state index contributed by atoms with van der Waals surface area (Å²) in [6.45, 7) is 3.50. The summed E-state index contributed by atoms with van der Waals surface area (Å²) >= 11 is 0. The molecule has 5 nitrogen and oxygen atoms in total. The molecule has 0 spiro atoms. The van der Waals surface area contributed by atoms with Gasteiger partial charge in [-0.05, 0) is 46.1 Å². The highest BCUT2D eigenvalue weighted by atomic mass is 16.1. The van der Waals surface area contributed by atoms with Gasteiger partial charge in [0.2, 0.25) is 0 Å². The number of hydrogen-bond acceptors (Lipinski definition) is 3. The molecule has 0 saturated heterocycles. The van der Waals surface area contributed by atoms with Crippen LogP contribution in [0.3, 0.4) is 0 Å². The quantitative estimate of drug-likeness (QED) is 0.825. The van der Waals surface area contributed by atoms with E-state index < -0.39 is 0 Å². The standard InChI is InChI=1S/C14H20N4O/c1-11-13(14(19)15-8-6-9-17(2)3)18-10-5-4-7-12(18)16-11/h4-5,7,10H,6,8-9H2,1-3H3,(H,15,19). The molecule has 2 aromatic rings. The zero-order chi connectivity index (χ0) is 13.8. The first kappa shape index (κ1) is 13.5. The van der Waals surface area contributed by atoms with E-state index in [9.17, 15) is 4.79 Å². The number of aromatic nitrogens is 2. The number of nitrogens with zero attached hydrogens (tertiary/aromatic N) is 3. The Morgan fingerprint density at radius 2 is 2.21 bits per heavy atom. The van der Waals surface area contributed by atoms with E-state index in [0.717, 1.165) is 24.3 Å². The summed E-state index contributed by atoms with van der Waals surface area (Å²) in [5.74, 6) is -0.0602. The van der Waals surface area contributed by atoms with Crippen molar-refractivity contribution in [2.24, 2.45) is 0 Å². The highest BCUT2D eigenvalue weighted by Gasteiger charge is 2.15. The topological polar surface area (TPSA) is 49.6 Å². The maximum atomic E-state index is 12.2. The van der Waals surface area contributed by atoms with Gasteiger partial charge in [0.1, 0.15) is 11.3 Å². The van der Waals surface area contributed by atoms with Gasteiger partial charge in [0, 0.05) is 12.7 Å². The summed E-state index contributed by atoms with van der Waals surface area (Å²) in [7, 11) is 4.05. The highest BCUT2D eigenvalue weighted by molar-refractivity contribution is 5.94. The molecule has 2 rings (SSSR count). The van der Waals surface area contributed by atoms with Gasteiger partial charge in [0.25, 0.3) is 5.91 Å². The lowest BCUT2D eigenvalue weighted by atomic mass is 10.3. The first-order chi connectivity index (χ1) is 9.09. The second kappa shape index (κ2) is 5.84. The lowest BCUT2D eigenvalue weighted by Gasteiger charge is -2.10. The van der Waals surface area contributed by atoms with Crippen LogP contribution >= 0.6 is 0 Å². The van der Waals surface area contributed by atoms with E-state index in [0.29, 0.717) is 12.2 Å². The SMILES string of the molecule is Cc1nc2ccccn2c1C(=O)NCCCN(C)C. The second-order valence-corrected chi connectivity index (χ2v) is 4.89. The molecule has 0 aliphatic carbocycles. The minimum Gasteiger partial charge on any atom is -0.351 e. The number of hydrogen-bond donors (Lipinski definition) is 1. The monoisotopic (exact) mass is 260 g/mol. The van der Waals surface area contributed by atoms with E-state index in [2.05, 4.69) is 15.2 Å². The molecule has 0 saturated carbocycles. The third-order valence-electron chi connectivity index (χ3n) is 2.99. The molecule has 0 unspecified atom stereocenters. The van der Waals surface area contributed by atoms with Crippen LogP contribution in [-0.4, -0.2) is 47.4 Å². The molecule has 0 bridgehead atoms. The van der Waals surface area contributed by atoms with Crippen LogP contribution in [0.1, 0.15) is 22.6 Å². The van der Waals surface area contributed by atoms with Crippen LogP contribution in [0.2, 0.25) is 0 Å². The number of aryl methyl sites for hydroxylation is 1. The lowest BCUT2D eigenvalue weighted by molar-refractivity contribution is 0.0946. The molecule has 2 aromatic heterocycles. The van der Waals surface area contributed by atoms with Gasteiger partial charge < -0.3 is 10.2 Å². The van der Waals surface area contributed by atoms with Crippen molar-refractivity contribution in [1.29, 1.82) is 0 Å². The number of imidazole rings is 1. The summed E-state index contributed by atoms with van der Waals surface area (Å²) < 4.78 is 1.83. The minimum atomic E-state index is -0.0602.